The van der Waals surface area contributed by atoms with Gasteiger partial charge in [0.1, 0.15) is 0 Å². The Morgan fingerprint density at radius 1 is 1.11 bits per heavy atom. The monoisotopic (exact) mass is 380 g/mol. The zero-order valence-corrected chi connectivity index (χ0v) is 15.8. The van der Waals surface area contributed by atoms with Crippen molar-refractivity contribution in [1.82, 2.24) is 14.9 Å². The second kappa shape index (κ2) is 6.74. The average molecular weight is 380 g/mol. The van der Waals surface area contributed by atoms with Gasteiger partial charge in [-0.3, -0.25) is 14.6 Å². The Labute approximate surface area is 163 Å². The van der Waals surface area contributed by atoms with Gasteiger partial charge in [-0.1, -0.05) is 30.3 Å². The summed E-state index contributed by atoms with van der Waals surface area (Å²) < 4.78 is 5.38. The average Bonchev–Trinajstić information content (AvgIpc) is 3.56. The number of anilines is 1. The third-order valence-corrected chi connectivity index (χ3v) is 6.14. The second-order valence-electron chi connectivity index (χ2n) is 7.84. The molecule has 7 heteroatoms. The summed E-state index contributed by atoms with van der Waals surface area (Å²) in [6.45, 7) is 3.66. The number of hydrogen-bond acceptors (Lipinski definition) is 5. The lowest BCUT2D eigenvalue weighted by molar-refractivity contribution is -0.135. The Bertz CT molecular complexity index is 946. The summed E-state index contributed by atoms with van der Waals surface area (Å²) in [6.07, 6.45) is 2.33. The number of rotatable bonds is 3. The molecule has 7 nitrogen and oxygen atoms in total. The highest BCUT2D eigenvalue weighted by atomic mass is 16.5. The van der Waals surface area contributed by atoms with Crippen molar-refractivity contribution in [3.05, 3.63) is 57.5 Å². The van der Waals surface area contributed by atoms with E-state index in [1.54, 1.807) is 0 Å². The Morgan fingerprint density at radius 3 is 2.57 bits per heavy atom. The number of aromatic amines is 1. The van der Waals surface area contributed by atoms with Gasteiger partial charge in [0.15, 0.2) is 0 Å². The molecular formula is C21H24N4O3. The van der Waals surface area contributed by atoms with E-state index in [0.29, 0.717) is 57.3 Å². The van der Waals surface area contributed by atoms with Crippen LogP contribution in [0.5, 0.6) is 0 Å². The normalized spacial score (nSPS) is 20.6. The molecule has 0 radical (unpaired) electrons. The first kappa shape index (κ1) is 17.4. The van der Waals surface area contributed by atoms with E-state index in [1.165, 1.54) is 0 Å². The summed E-state index contributed by atoms with van der Waals surface area (Å²) in [5, 5.41) is 0. The zero-order valence-electron chi connectivity index (χ0n) is 15.8. The van der Waals surface area contributed by atoms with Crippen LogP contribution in [0, 0.1) is 0 Å². The van der Waals surface area contributed by atoms with E-state index in [-0.39, 0.29) is 16.9 Å². The lowest BCUT2D eigenvalue weighted by atomic mass is 9.93. The predicted molar refractivity (Wildman–Crippen MR) is 104 cm³/mol. The number of ether oxygens (including phenoxy) is 1. The molecule has 1 N–H and O–H groups in total. The number of hydrogen-bond donors (Lipinski definition) is 1. The van der Waals surface area contributed by atoms with Gasteiger partial charge in [0.2, 0.25) is 11.9 Å². The zero-order chi connectivity index (χ0) is 19.1. The standard InChI is InChI=1S/C21H24N4O3/c26-18-16-6-9-25(19(27)21(7-8-21)15-4-2-1-3-5-15)14-17(16)22-20(23-18)24-10-12-28-13-11-24/h1-5H,6-14H2,(H,22,23,26). The van der Waals surface area contributed by atoms with Crippen LogP contribution in [0.25, 0.3) is 0 Å². The Hall–Kier alpha value is -2.67. The first-order valence-electron chi connectivity index (χ1n) is 9.97. The highest BCUT2D eigenvalue weighted by Gasteiger charge is 2.53. The van der Waals surface area contributed by atoms with Crippen LogP contribution in [0.3, 0.4) is 0 Å². The van der Waals surface area contributed by atoms with Crippen molar-refractivity contribution in [2.75, 3.05) is 37.7 Å². The minimum atomic E-state index is -0.382. The lowest BCUT2D eigenvalue weighted by Gasteiger charge is -2.32. The van der Waals surface area contributed by atoms with E-state index < -0.39 is 0 Å². The molecule has 1 aliphatic carbocycles. The molecule has 0 atom stereocenters. The first-order valence-corrected chi connectivity index (χ1v) is 9.97. The number of benzene rings is 1. The van der Waals surface area contributed by atoms with E-state index in [1.807, 2.05) is 40.1 Å². The number of amides is 1. The summed E-state index contributed by atoms with van der Waals surface area (Å²) in [6, 6.07) is 10.0. The minimum absolute atomic E-state index is 0.0808. The van der Waals surface area contributed by atoms with Gasteiger partial charge < -0.3 is 14.5 Å². The van der Waals surface area contributed by atoms with Gasteiger partial charge in [-0.05, 0) is 24.8 Å². The molecule has 146 valence electrons. The molecule has 1 saturated carbocycles. The van der Waals surface area contributed by atoms with E-state index in [4.69, 9.17) is 9.72 Å². The van der Waals surface area contributed by atoms with Gasteiger partial charge in [-0.25, -0.2) is 4.98 Å². The van der Waals surface area contributed by atoms with E-state index >= 15 is 0 Å². The molecule has 2 aromatic rings. The van der Waals surface area contributed by atoms with Gasteiger partial charge in [-0.2, -0.15) is 0 Å². The van der Waals surface area contributed by atoms with Crippen LogP contribution in [0.15, 0.2) is 35.1 Å². The number of carbonyl (C=O) groups excluding carboxylic acids is 1. The topological polar surface area (TPSA) is 78.5 Å². The maximum absolute atomic E-state index is 13.3. The van der Waals surface area contributed by atoms with Crippen molar-refractivity contribution in [3.63, 3.8) is 0 Å². The highest BCUT2D eigenvalue weighted by molar-refractivity contribution is 5.91. The SMILES string of the molecule is O=C(N1CCc2c(nc(N3CCOCC3)[nH]c2=O)C1)C1(c2ccccc2)CC1. The number of H-pyrrole nitrogens is 1. The maximum Gasteiger partial charge on any atom is 0.255 e. The van der Waals surface area contributed by atoms with Crippen molar-refractivity contribution in [3.8, 4) is 0 Å². The molecule has 0 spiro atoms. The van der Waals surface area contributed by atoms with Crippen LogP contribution in [0.4, 0.5) is 5.95 Å². The van der Waals surface area contributed by atoms with Crippen LogP contribution >= 0.6 is 0 Å². The summed E-state index contributed by atoms with van der Waals surface area (Å²) in [5.41, 5.74) is 2.08. The first-order chi connectivity index (χ1) is 13.7. The molecule has 1 aromatic heterocycles. The second-order valence-corrected chi connectivity index (χ2v) is 7.84. The number of fused-ring (bicyclic) bond motifs is 1. The number of morpholine rings is 1. The molecule has 5 rings (SSSR count). The van der Waals surface area contributed by atoms with Crippen molar-refractivity contribution in [1.29, 1.82) is 0 Å². The molecule has 0 unspecified atom stereocenters. The van der Waals surface area contributed by atoms with Gasteiger partial charge in [0.25, 0.3) is 5.56 Å². The van der Waals surface area contributed by atoms with Crippen molar-refractivity contribution in [2.24, 2.45) is 0 Å². The number of nitrogens with zero attached hydrogens (tertiary/aromatic N) is 3. The molecule has 3 aliphatic rings. The summed E-state index contributed by atoms with van der Waals surface area (Å²) in [4.78, 5) is 37.5. The Kier molecular flexibility index (Phi) is 4.19. The van der Waals surface area contributed by atoms with Crippen LogP contribution in [-0.4, -0.2) is 53.6 Å². The van der Waals surface area contributed by atoms with E-state index in [2.05, 4.69) is 4.98 Å². The Balaban J connectivity index is 1.41. The molecule has 1 amide bonds. The molecular weight excluding hydrogens is 356 g/mol. The fourth-order valence-corrected chi connectivity index (χ4v) is 4.34. The molecule has 2 fully saturated rings. The minimum Gasteiger partial charge on any atom is -0.378 e. The predicted octanol–water partition coefficient (Wildman–Crippen LogP) is 1.22. The quantitative estimate of drug-likeness (QED) is 0.866. The van der Waals surface area contributed by atoms with Gasteiger partial charge in [0, 0.05) is 25.2 Å². The van der Waals surface area contributed by atoms with Crippen molar-refractivity contribution >= 4 is 11.9 Å². The van der Waals surface area contributed by atoms with Crippen LogP contribution in [0.1, 0.15) is 29.7 Å². The molecule has 1 saturated heterocycles. The number of aromatic nitrogens is 2. The van der Waals surface area contributed by atoms with Crippen LogP contribution in [0.2, 0.25) is 0 Å². The largest absolute Gasteiger partial charge is 0.378 e. The van der Waals surface area contributed by atoms with Crippen LogP contribution in [-0.2, 0) is 27.9 Å². The maximum atomic E-state index is 13.3. The Morgan fingerprint density at radius 2 is 1.86 bits per heavy atom. The molecule has 3 heterocycles. The lowest BCUT2D eigenvalue weighted by Crippen LogP contribution is -2.45. The third kappa shape index (κ3) is 2.90. The summed E-state index contributed by atoms with van der Waals surface area (Å²) >= 11 is 0. The highest BCUT2D eigenvalue weighted by Crippen LogP contribution is 2.49. The van der Waals surface area contributed by atoms with Gasteiger partial charge in [0.05, 0.1) is 30.9 Å². The fraction of sp³-hybridized carbons (Fsp3) is 0.476. The van der Waals surface area contributed by atoms with E-state index in [0.717, 1.165) is 24.1 Å². The molecule has 1 aromatic carbocycles. The summed E-state index contributed by atoms with van der Waals surface area (Å²) in [5.74, 6) is 0.755. The van der Waals surface area contributed by atoms with Crippen molar-refractivity contribution < 1.29 is 9.53 Å². The summed E-state index contributed by atoms with van der Waals surface area (Å²) in [7, 11) is 0. The number of carbonyl (C=O) groups is 1. The fourth-order valence-electron chi connectivity index (χ4n) is 4.34. The van der Waals surface area contributed by atoms with E-state index in [9.17, 15) is 9.59 Å². The van der Waals surface area contributed by atoms with Crippen molar-refractivity contribution in [2.45, 2.75) is 31.2 Å². The molecule has 2 aliphatic heterocycles. The molecule has 28 heavy (non-hydrogen) atoms. The third-order valence-electron chi connectivity index (χ3n) is 6.14. The van der Waals surface area contributed by atoms with Gasteiger partial charge in [-0.15, -0.1) is 0 Å². The smallest absolute Gasteiger partial charge is 0.255 e. The molecule has 0 bridgehead atoms. The van der Waals surface area contributed by atoms with Crippen LogP contribution < -0.4 is 10.5 Å². The number of nitrogens with one attached hydrogen (secondary N) is 1. The van der Waals surface area contributed by atoms with Gasteiger partial charge >= 0.3 is 0 Å².